The number of ether oxygens (including phenoxy) is 1. The normalized spacial score (nSPS) is 10.0. The molecule has 0 unspecified atom stereocenters. The number of anilines is 1. The molecule has 72 valence electrons. The highest BCUT2D eigenvalue weighted by Gasteiger charge is 2.04. The summed E-state index contributed by atoms with van der Waals surface area (Å²) in [6.07, 6.45) is 0. The van der Waals surface area contributed by atoms with Crippen molar-refractivity contribution in [3.05, 3.63) is 11.1 Å². The number of carbonyl (C=O) groups excluding carboxylic acids is 1. The summed E-state index contributed by atoms with van der Waals surface area (Å²) in [4.78, 5) is 15.1. The van der Waals surface area contributed by atoms with Gasteiger partial charge in [-0.1, -0.05) is 0 Å². The van der Waals surface area contributed by atoms with E-state index in [4.69, 9.17) is 5.73 Å². The lowest BCUT2D eigenvalue weighted by atomic mass is 10.5. The van der Waals surface area contributed by atoms with Crippen molar-refractivity contribution in [3.63, 3.8) is 0 Å². The maximum absolute atomic E-state index is 11.0. The molecule has 0 fully saturated rings. The molecule has 3 N–H and O–H groups in total. The minimum Gasteiger partial charge on any atom is -0.375 e. The van der Waals surface area contributed by atoms with Crippen molar-refractivity contribution in [1.82, 2.24) is 4.98 Å². The van der Waals surface area contributed by atoms with Gasteiger partial charge in [-0.3, -0.25) is 10.1 Å². The van der Waals surface area contributed by atoms with Crippen LogP contribution in [0, 0.1) is 0 Å². The van der Waals surface area contributed by atoms with Gasteiger partial charge in [-0.25, -0.2) is 4.98 Å². The topological polar surface area (TPSA) is 77.2 Å². The lowest BCUT2D eigenvalue weighted by molar-refractivity contribution is -0.119. The van der Waals surface area contributed by atoms with E-state index in [1.165, 1.54) is 18.4 Å². The molecule has 1 amide bonds. The number of amides is 1. The van der Waals surface area contributed by atoms with Crippen molar-refractivity contribution < 1.29 is 9.53 Å². The Labute approximate surface area is 79.9 Å². The molecule has 0 saturated carbocycles. The van der Waals surface area contributed by atoms with Crippen LogP contribution in [-0.4, -0.2) is 24.6 Å². The van der Waals surface area contributed by atoms with Gasteiger partial charge in [-0.15, -0.1) is 11.3 Å². The van der Waals surface area contributed by atoms with Crippen molar-refractivity contribution in [2.45, 2.75) is 6.54 Å². The number of hydrogen-bond donors (Lipinski definition) is 2. The van der Waals surface area contributed by atoms with Gasteiger partial charge in [0.05, 0.1) is 5.69 Å². The molecule has 0 aromatic carbocycles. The van der Waals surface area contributed by atoms with E-state index in [1.807, 2.05) is 5.38 Å². The van der Waals surface area contributed by atoms with E-state index in [1.54, 1.807) is 0 Å². The lowest BCUT2D eigenvalue weighted by Crippen LogP contribution is -2.17. The van der Waals surface area contributed by atoms with Gasteiger partial charge in [0.2, 0.25) is 0 Å². The van der Waals surface area contributed by atoms with Crippen LogP contribution in [0.2, 0.25) is 0 Å². The largest absolute Gasteiger partial charge is 0.375 e. The predicted octanol–water partition coefficient (Wildman–Crippen LogP) is 0.187. The van der Waals surface area contributed by atoms with E-state index in [0.717, 1.165) is 5.69 Å². The first-order chi connectivity index (χ1) is 6.26. The van der Waals surface area contributed by atoms with E-state index in [2.05, 4.69) is 15.0 Å². The first-order valence-corrected chi connectivity index (χ1v) is 4.57. The zero-order valence-corrected chi connectivity index (χ0v) is 8.06. The van der Waals surface area contributed by atoms with Gasteiger partial charge < -0.3 is 10.5 Å². The van der Waals surface area contributed by atoms with Crippen LogP contribution in [0.25, 0.3) is 0 Å². The molecule has 1 aromatic heterocycles. The van der Waals surface area contributed by atoms with Crippen LogP contribution in [0.1, 0.15) is 5.69 Å². The molecule has 6 heteroatoms. The van der Waals surface area contributed by atoms with Crippen molar-refractivity contribution in [2.24, 2.45) is 5.73 Å². The summed E-state index contributed by atoms with van der Waals surface area (Å²) in [6.45, 7) is 0.425. The van der Waals surface area contributed by atoms with Gasteiger partial charge in [-0.05, 0) is 0 Å². The third-order valence-electron chi connectivity index (χ3n) is 1.28. The quantitative estimate of drug-likeness (QED) is 0.728. The highest BCUT2D eigenvalue weighted by Crippen LogP contribution is 2.14. The van der Waals surface area contributed by atoms with Crippen LogP contribution < -0.4 is 11.1 Å². The Morgan fingerprint density at radius 1 is 1.85 bits per heavy atom. The molecule has 1 aromatic rings. The van der Waals surface area contributed by atoms with Gasteiger partial charge >= 0.3 is 0 Å². The highest BCUT2D eigenvalue weighted by atomic mass is 32.1. The van der Waals surface area contributed by atoms with Crippen molar-refractivity contribution in [2.75, 3.05) is 19.0 Å². The molecule has 0 radical (unpaired) electrons. The molecule has 0 spiro atoms. The monoisotopic (exact) mass is 201 g/mol. The molecular formula is C7H11N3O2S. The Morgan fingerprint density at radius 3 is 3.15 bits per heavy atom. The zero-order valence-electron chi connectivity index (χ0n) is 7.24. The van der Waals surface area contributed by atoms with E-state index in [-0.39, 0.29) is 12.5 Å². The number of rotatable bonds is 4. The number of nitrogens with zero attached hydrogens (tertiary/aromatic N) is 1. The van der Waals surface area contributed by atoms with E-state index >= 15 is 0 Å². The minimum atomic E-state index is -0.208. The first-order valence-electron chi connectivity index (χ1n) is 3.69. The van der Waals surface area contributed by atoms with Crippen LogP contribution in [0.5, 0.6) is 0 Å². The third-order valence-corrected chi connectivity index (χ3v) is 2.09. The standard InChI is InChI=1S/C7H11N3O2S/c1-12-3-6(11)10-7-9-5(2-8)4-13-7/h4H,2-3,8H2,1H3,(H,9,10,11). The zero-order chi connectivity index (χ0) is 9.68. The Kier molecular flexibility index (Phi) is 3.81. The molecular weight excluding hydrogens is 190 g/mol. The van der Waals surface area contributed by atoms with Crippen molar-refractivity contribution >= 4 is 22.4 Å². The Morgan fingerprint density at radius 2 is 2.62 bits per heavy atom. The molecule has 0 bridgehead atoms. The van der Waals surface area contributed by atoms with Crippen LogP contribution in [0.4, 0.5) is 5.13 Å². The van der Waals surface area contributed by atoms with Crippen LogP contribution in [0.3, 0.4) is 0 Å². The summed E-state index contributed by atoms with van der Waals surface area (Å²) in [5.41, 5.74) is 6.14. The maximum atomic E-state index is 11.0. The number of hydrogen-bond acceptors (Lipinski definition) is 5. The van der Waals surface area contributed by atoms with Gasteiger partial charge in [0.1, 0.15) is 6.61 Å². The van der Waals surface area contributed by atoms with Gasteiger partial charge in [0.15, 0.2) is 5.13 Å². The average Bonchev–Trinajstić information content (AvgIpc) is 2.52. The fraction of sp³-hybridized carbons (Fsp3) is 0.429. The van der Waals surface area contributed by atoms with Crippen LogP contribution in [-0.2, 0) is 16.1 Å². The van der Waals surface area contributed by atoms with E-state index in [9.17, 15) is 4.79 Å². The van der Waals surface area contributed by atoms with Gasteiger partial charge in [-0.2, -0.15) is 0 Å². The third kappa shape index (κ3) is 3.10. The molecule has 1 rings (SSSR count). The fourth-order valence-corrected chi connectivity index (χ4v) is 1.48. The highest BCUT2D eigenvalue weighted by molar-refractivity contribution is 7.13. The maximum Gasteiger partial charge on any atom is 0.252 e. The summed E-state index contributed by atoms with van der Waals surface area (Å²) in [6, 6.07) is 0. The number of nitrogens with two attached hydrogens (primary N) is 1. The smallest absolute Gasteiger partial charge is 0.252 e. The summed E-state index contributed by atoms with van der Waals surface area (Å²) in [7, 11) is 1.47. The minimum absolute atomic E-state index is 0.0392. The van der Waals surface area contributed by atoms with Gasteiger partial charge in [0.25, 0.3) is 5.91 Å². The SMILES string of the molecule is COCC(=O)Nc1nc(CN)cs1. The fourth-order valence-electron chi connectivity index (χ4n) is 0.745. The molecule has 0 aliphatic carbocycles. The van der Waals surface area contributed by atoms with E-state index < -0.39 is 0 Å². The van der Waals surface area contributed by atoms with Crippen molar-refractivity contribution in [3.8, 4) is 0 Å². The first kappa shape index (κ1) is 10.1. The predicted molar refractivity (Wildman–Crippen MR) is 50.5 cm³/mol. The number of thiazole rings is 1. The molecule has 5 nitrogen and oxygen atoms in total. The number of methoxy groups -OCH3 is 1. The van der Waals surface area contributed by atoms with E-state index in [0.29, 0.717) is 11.7 Å². The van der Waals surface area contributed by atoms with Gasteiger partial charge in [0, 0.05) is 19.0 Å². The molecule has 13 heavy (non-hydrogen) atoms. The molecule has 0 aliphatic heterocycles. The summed E-state index contributed by atoms with van der Waals surface area (Å²) in [5, 5.41) is 4.95. The second-order valence-corrected chi connectivity index (χ2v) is 3.19. The number of nitrogens with one attached hydrogen (secondary N) is 1. The van der Waals surface area contributed by atoms with Crippen LogP contribution in [0.15, 0.2) is 5.38 Å². The number of carbonyl (C=O) groups is 1. The molecule has 0 saturated heterocycles. The summed E-state index contributed by atoms with van der Waals surface area (Å²) < 4.78 is 4.65. The Hall–Kier alpha value is -0.980. The molecule has 0 atom stereocenters. The van der Waals surface area contributed by atoms with Crippen molar-refractivity contribution in [1.29, 1.82) is 0 Å². The molecule has 0 aliphatic rings. The lowest BCUT2D eigenvalue weighted by Gasteiger charge is -1.98. The van der Waals surface area contributed by atoms with Crippen LogP contribution >= 0.6 is 11.3 Å². The summed E-state index contributed by atoms with van der Waals surface area (Å²) >= 11 is 1.35. The Bertz CT molecular complexity index is 287. The molecule has 1 heterocycles. The average molecular weight is 201 g/mol. The second-order valence-electron chi connectivity index (χ2n) is 2.33. The second kappa shape index (κ2) is 4.90. The Balaban J connectivity index is 2.49. The summed E-state index contributed by atoms with van der Waals surface area (Å²) in [5.74, 6) is -0.208. The number of aromatic nitrogens is 1.